The van der Waals surface area contributed by atoms with Crippen molar-refractivity contribution in [1.29, 1.82) is 0 Å². The number of anilines is 1. The second kappa shape index (κ2) is 5.72. The SMILES string of the molecule is Cc1cc(N(C)Cc2ccsc2)c(C(C)N)cc1F. The first-order chi connectivity index (χ1) is 8.99. The van der Waals surface area contributed by atoms with Crippen LogP contribution >= 0.6 is 11.3 Å². The molecule has 1 aromatic carbocycles. The Balaban J connectivity index is 2.34. The zero-order valence-corrected chi connectivity index (χ0v) is 12.3. The molecule has 102 valence electrons. The summed E-state index contributed by atoms with van der Waals surface area (Å²) >= 11 is 1.68. The van der Waals surface area contributed by atoms with Gasteiger partial charge in [0, 0.05) is 25.3 Å². The lowest BCUT2D eigenvalue weighted by Gasteiger charge is -2.24. The molecule has 0 bridgehead atoms. The summed E-state index contributed by atoms with van der Waals surface area (Å²) in [4.78, 5) is 2.12. The maximum atomic E-state index is 13.7. The van der Waals surface area contributed by atoms with E-state index in [1.54, 1.807) is 24.3 Å². The molecule has 0 aliphatic rings. The van der Waals surface area contributed by atoms with E-state index in [0.717, 1.165) is 17.8 Å². The van der Waals surface area contributed by atoms with Crippen molar-refractivity contribution in [1.82, 2.24) is 0 Å². The molecule has 0 fully saturated rings. The van der Waals surface area contributed by atoms with Gasteiger partial charge in [-0.05, 0) is 59.5 Å². The van der Waals surface area contributed by atoms with Crippen molar-refractivity contribution in [2.24, 2.45) is 5.73 Å². The van der Waals surface area contributed by atoms with Crippen LogP contribution in [0.5, 0.6) is 0 Å². The highest BCUT2D eigenvalue weighted by atomic mass is 32.1. The molecule has 0 saturated heterocycles. The van der Waals surface area contributed by atoms with E-state index in [1.165, 1.54) is 5.56 Å². The third-order valence-corrected chi connectivity index (χ3v) is 3.94. The molecule has 1 unspecified atom stereocenters. The number of nitrogens with two attached hydrogens (primary N) is 1. The average Bonchev–Trinajstić information content (AvgIpc) is 2.84. The van der Waals surface area contributed by atoms with Crippen LogP contribution in [0.4, 0.5) is 10.1 Å². The standard InChI is InChI=1S/C15H19FN2S/c1-10-6-15(13(11(2)17)7-14(10)16)18(3)8-12-4-5-19-9-12/h4-7,9,11H,8,17H2,1-3H3. The first-order valence-electron chi connectivity index (χ1n) is 6.27. The summed E-state index contributed by atoms with van der Waals surface area (Å²) in [6, 6.07) is 5.35. The largest absolute Gasteiger partial charge is 0.370 e. The van der Waals surface area contributed by atoms with Crippen LogP contribution in [0, 0.1) is 12.7 Å². The first kappa shape index (κ1) is 14.0. The zero-order chi connectivity index (χ0) is 14.0. The number of rotatable bonds is 4. The predicted octanol–water partition coefficient (Wildman–Crippen LogP) is 3.85. The topological polar surface area (TPSA) is 29.3 Å². The summed E-state index contributed by atoms with van der Waals surface area (Å²) in [5.41, 5.74) is 9.71. The van der Waals surface area contributed by atoms with E-state index in [4.69, 9.17) is 5.73 Å². The Morgan fingerprint density at radius 1 is 1.42 bits per heavy atom. The molecule has 0 radical (unpaired) electrons. The van der Waals surface area contributed by atoms with Gasteiger partial charge >= 0.3 is 0 Å². The van der Waals surface area contributed by atoms with Crippen molar-refractivity contribution in [2.75, 3.05) is 11.9 Å². The summed E-state index contributed by atoms with van der Waals surface area (Å²) < 4.78 is 13.7. The van der Waals surface area contributed by atoms with Crippen LogP contribution in [0.2, 0.25) is 0 Å². The quantitative estimate of drug-likeness (QED) is 0.920. The summed E-state index contributed by atoms with van der Waals surface area (Å²) in [6.45, 7) is 4.46. The van der Waals surface area contributed by atoms with Crippen LogP contribution in [0.3, 0.4) is 0 Å². The predicted molar refractivity (Wildman–Crippen MR) is 80.2 cm³/mol. The number of nitrogens with zero attached hydrogens (tertiary/aromatic N) is 1. The highest BCUT2D eigenvalue weighted by molar-refractivity contribution is 7.07. The third kappa shape index (κ3) is 3.14. The molecule has 2 aromatic rings. The highest BCUT2D eigenvalue weighted by Crippen LogP contribution is 2.28. The van der Waals surface area contributed by atoms with Gasteiger partial charge in [-0.15, -0.1) is 0 Å². The fourth-order valence-corrected chi connectivity index (χ4v) is 2.78. The van der Waals surface area contributed by atoms with Crippen LogP contribution in [0.1, 0.15) is 29.7 Å². The monoisotopic (exact) mass is 278 g/mol. The van der Waals surface area contributed by atoms with Crippen LogP contribution in [-0.2, 0) is 6.54 Å². The minimum absolute atomic E-state index is 0.185. The minimum Gasteiger partial charge on any atom is -0.370 e. The lowest BCUT2D eigenvalue weighted by molar-refractivity contribution is 0.612. The molecule has 1 heterocycles. The van der Waals surface area contributed by atoms with Gasteiger partial charge in [0.25, 0.3) is 0 Å². The average molecular weight is 278 g/mol. The molecule has 0 spiro atoms. The van der Waals surface area contributed by atoms with Crippen molar-refractivity contribution in [3.63, 3.8) is 0 Å². The maximum Gasteiger partial charge on any atom is 0.126 e. The van der Waals surface area contributed by atoms with Gasteiger partial charge in [-0.1, -0.05) is 0 Å². The van der Waals surface area contributed by atoms with E-state index in [2.05, 4.69) is 21.7 Å². The lowest BCUT2D eigenvalue weighted by atomic mass is 10.0. The Kier molecular flexibility index (Phi) is 4.22. The van der Waals surface area contributed by atoms with E-state index in [0.29, 0.717) is 5.56 Å². The van der Waals surface area contributed by atoms with Gasteiger partial charge in [-0.2, -0.15) is 11.3 Å². The van der Waals surface area contributed by atoms with E-state index < -0.39 is 0 Å². The molecule has 0 aliphatic carbocycles. The third-order valence-electron chi connectivity index (χ3n) is 3.21. The second-order valence-corrected chi connectivity index (χ2v) is 5.72. The van der Waals surface area contributed by atoms with E-state index in [9.17, 15) is 4.39 Å². The zero-order valence-electron chi connectivity index (χ0n) is 11.5. The van der Waals surface area contributed by atoms with Gasteiger partial charge in [-0.25, -0.2) is 4.39 Å². The lowest BCUT2D eigenvalue weighted by Crippen LogP contribution is -2.20. The molecule has 19 heavy (non-hydrogen) atoms. The van der Waals surface area contributed by atoms with Gasteiger partial charge in [0.1, 0.15) is 5.82 Å². The number of aryl methyl sites for hydroxylation is 1. The van der Waals surface area contributed by atoms with Gasteiger partial charge in [-0.3, -0.25) is 0 Å². The van der Waals surface area contributed by atoms with Gasteiger partial charge in [0.2, 0.25) is 0 Å². The Morgan fingerprint density at radius 3 is 2.74 bits per heavy atom. The molecular formula is C15H19FN2S. The normalized spacial score (nSPS) is 12.5. The Hall–Kier alpha value is -1.39. The van der Waals surface area contributed by atoms with Crippen molar-refractivity contribution >= 4 is 17.0 Å². The van der Waals surface area contributed by atoms with Crippen molar-refractivity contribution in [2.45, 2.75) is 26.4 Å². The number of hydrogen-bond acceptors (Lipinski definition) is 3. The molecule has 2 nitrogen and oxygen atoms in total. The summed E-state index contributed by atoms with van der Waals surface area (Å²) in [5.74, 6) is -0.194. The Morgan fingerprint density at radius 2 is 2.16 bits per heavy atom. The fourth-order valence-electron chi connectivity index (χ4n) is 2.12. The highest BCUT2D eigenvalue weighted by Gasteiger charge is 2.14. The van der Waals surface area contributed by atoms with Gasteiger partial charge in [0.05, 0.1) is 0 Å². The van der Waals surface area contributed by atoms with Crippen LogP contribution < -0.4 is 10.6 Å². The maximum absolute atomic E-state index is 13.7. The van der Waals surface area contributed by atoms with Crippen LogP contribution in [0.15, 0.2) is 29.0 Å². The van der Waals surface area contributed by atoms with Crippen molar-refractivity contribution in [3.8, 4) is 0 Å². The first-order valence-corrected chi connectivity index (χ1v) is 7.21. The van der Waals surface area contributed by atoms with Gasteiger partial charge < -0.3 is 10.6 Å². The summed E-state index contributed by atoms with van der Waals surface area (Å²) in [7, 11) is 2.01. The summed E-state index contributed by atoms with van der Waals surface area (Å²) in [6.07, 6.45) is 0. The van der Waals surface area contributed by atoms with Crippen LogP contribution in [0.25, 0.3) is 0 Å². The number of hydrogen-bond donors (Lipinski definition) is 1. The van der Waals surface area contributed by atoms with Crippen molar-refractivity contribution in [3.05, 3.63) is 51.5 Å². The molecule has 2 N–H and O–H groups in total. The smallest absolute Gasteiger partial charge is 0.126 e. The Bertz CT molecular complexity index is 550. The molecular weight excluding hydrogens is 259 g/mol. The molecule has 1 aromatic heterocycles. The minimum atomic E-state index is -0.194. The van der Waals surface area contributed by atoms with E-state index in [-0.39, 0.29) is 11.9 Å². The number of benzene rings is 1. The molecule has 1 atom stereocenters. The van der Waals surface area contributed by atoms with E-state index >= 15 is 0 Å². The van der Waals surface area contributed by atoms with Gasteiger partial charge in [0.15, 0.2) is 0 Å². The second-order valence-electron chi connectivity index (χ2n) is 4.94. The molecule has 4 heteroatoms. The number of halogens is 1. The van der Waals surface area contributed by atoms with Crippen LogP contribution in [-0.4, -0.2) is 7.05 Å². The Labute approximate surface area is 117 Å². The number of thiophene rings is 1. The molecule has 0 aliphatic heterocycles. The molecule has 0 saturated carbocycles. The molecule has 2 rings (SSSR count). The van der Waals surface area contributed by atoms with Crippen molar-refractivity contribution < 1.29 is 4.39 Å². The molecule has 0 amide bonds. The fraction of sp³-hybridized carbons (Fsp3) is 0.333. The van der Waals surface area contributed by atoms with E-state index in [1.807, 2.05) is 20.0 Å². The summed E-state index contributed by atoms with van der Waals surface area (Å²) in [5, 5.41) is 4.18.